The third-order valence-electron chi connectivity index (χ3n) is 3.22. The molecule has 1 aliphatic rings. The van der Waals surface area contributed by atoms with Gasteiger partial charge in [-0.25, -0.2) is 4.39 Å². The van der Waals surface area contributed by atoms with Crippen LogP contribution < -0.4 is 11.1 Å². The fraction of sp³-hybridized carbons (Fsp3) is 0.462. The Bertz CT molecular complexity index is 512. The first-order valence-electron chi connectivity index (χ1n) is 6.19. The van der Waals surface area contributed by atoms with Gasteiger partial charge in [0.25, 0.3) is 0 Å². The molecule has 1 saturated carbocycles. The van der Waals surface area contributed by atoms with Crippen molar-refractivity contribution in [3.63, 3.8) is 0 Å². The number of nitrogens with one attached hydrogen (secondary N) is 1. The Morgan fingerprint density at radius 3 is 2.60 bits per heavy atom. The zero-order valence-electron chi connectivity index (χ0n) is 10.5. The first-order chi connectivity index (χ1) is 9.27. The van der Waals surface area contributed by atoms with Crippen LogP contribution in [0.3, 0.4) is 0 Å². The van der Waals surface area contributed by atoms with E-state index in [9.17, 15) is 22.4 Å². The summed E-state index contributed by atoms with van der Waals surface area (Å²) in [5.41, 5.74) is 4.24. The van der Waals surface area contributed by atoms with E-state index in [1.807, 2.05) is 0 Å². The van der Waals surface area contributed by atoms with Crippen LogP contribution in [0.25, 0.3) is 0 Å². The van der Waals surface area contributed by atoms with Gasteiger partial charge in [-0.15, -0.1) is 0 Å². The van der Waals surface area contributed by atoms with Gasteiger partial charge < -0.3 is 11.1 Å². The van der Waals surface area contributed by atoms with Crippen LogP contribution in [0.5, 0.6) is 0 Å². The van der Waals surface area contributed by atoms with E-state index < -0.39 is 29.2 Å². The minimum absolute atomic E-state index is 0.0274. The molecule has 1 aromatic rings. The van der Waals surface area contributed by atoms with Crippen molar-refractivity contribution in [3.05, 3.63) is 29.6 Å². The van der Waals surface area contributed by atoms with Crippen molar-refractivity contribution in [3.8, 4) is 0 Å². The van der Waals surface area contributed by atoms with Crippen LogP contribution in [0.4, 0.5) is 23.2 Å². The molecule has 0 heterocycles. The zero-order valence-corrected chi connectivity index (χ0v) is 10.5. The van der Waals surface area contributed by atoms with Crippen LogP contribution in [-0.2, 0) is 11.0 Å². The minimum atomic E-state index is -4.59. The van der Waals surface area contributed by atoms with E-state index in [1.54, 1.807) is 0 Å². The van der Waals surface area contributed by atoms with Gasteiger partial charge >= 0.3 is 6.18 Å². The average molecular weight is 290 g/mol. The summed E-state index contributed by atoms with van der Waals surface area (Å²) in [5.74, 6) is -1.21. The number of hydrogen-bond donors (Lipinski definition) is 2. The fourth-order valence-corrected chi connectivity index (χ4v) is 1.90. The summed E-state index contributed by atoms with van der Waals surface area (Å²) in [4.78, 5) is 11.6. The summed E-state index contributed by atoms with van der Waals surface area (Å²) in [6.45, 7) is 0. The van der Waals surface area contributed by atoms with Crippen LogP contribution >= 0.6 is 0 Å². The molecule has 0 aliphatic heterocycles. The Morgan fingerprint density at radius 2 is 2.05 bits per heavy atom. The number of hydrogen-bond acceptors (Lipinski definition) is 2. The molecule has 1 unspecified atom stereocenters. The first kappa shape index (κ1) is 14.8. The molecule has 1 amide bonds. The van der Waals surface area contributed by atoms with Gasteiger partial charge in [0.05, 0.1) is 11.3 Å². The maximum absolute atomic E-state index is 13.4. The molecule has 1 aromatic carbocycles. The van der Waals surface area contributed by atoms with E-state index in [0.717, 1.165) is 12.8 Å². The molecular formula is C13H14F4N2O. The minimum Gasteiger partial charge on any atom is -0.327 e. The molecule has 0 spiro atoms. The molecule has 2 rings (SSSR count). The lowest BCUT2D eigenvalue weighted by Crippen LogP contribution is -2.29. The van der Waals surface area contributed by atoms with Crippen LogP contribution in [0.15, 0.2) is 18.2 Å². The van der Waals surface area contributed by atoms with Crippen molar-refractivity contribution in [2.24, 2.45) is 11.7 Å². The highest BCUT2D eigenvalue weighted by Gasteiger charge is 2.32. The van der Waals surface area contributed by atoms with E-state index in [1.165, 1.54) is 0 Å². The maximum Gasteiger partial charge on any atom is 0.416 e. The van der Waals surface area contributed by atoms with Gasteiger partial charge in [0.1, 0.15) is 5.82 Å². The van der Waals surface area contributed by atoms with Crippen molar-refractivity contribution in [1.29, 1.82) is 0 Å². The summed E-state index contributed by atoms with van der Waals surface area (Å²) < 4.78 is 50.9. The molecule has 7 heteroatoms. The molecule has 3 N–H and O–H groups in total. The second-order valence-corrected chi connectivity index (χ2v) is 4.95. The number of carbonyl (C=O) groups is 1. The molecular weight excluding hydrogens is 276 g/mol. The van der Waals surface area contributed by atoms with Gasteiger partial charge in [0.15, 0.2) is 0 Å². The molecule has 0 aromatic heterocycles. The summed E-state index contributed by atoms with van der Waals surface area (Å²) >= 11 is 0. The highest BCUT2D eigenvalue weighted by molar-refractivity contribution is 5.91. The molecule has 1 atom stereocenters. The van der Waals surface area contributed by atoms with Crippen molar-refractivity contribution in [2.45, 2.75) is 31.5 Å². The van der Waals surface area contributed by atoms with Gasteiger partial charge in [-0.3, -0.25) is 4.79 Å². The lowest BCUT2D eigenvalue weighted by molar-refractivity contribution is -0.137. The van der Waals surface area contributed by atoms with E-state index in [2.05, 4.69) is 5.32 Å². The van der Waals surface area contributed by atoms with E-state index in [0.29, 0.717) is 18.2 Å². The Morgan fingerprint density at radius 1 is 1.40 bits per heavy atom. The Balaban J connectivity index is 2.05. The highest BCUT2D eigenvalue weighted by atomic mass is 19.4. The average Bonchev–Trinajstić information content (AvgIpc) is 3.14. The molecule has 3 nitrogen and oxygen atoms in total. The number of halogens is 4. The number of benzene rings is 1. The van der Waals surface area contributed by atoms with E-state index in [4.69, 9.17) is 5.73 Å². The molecule has 110 valence electrons. The van der Waals surface area contributed by atoms with Crippen molar-refractivity contribution >= 4 is 11.6 Å². The molecule has 20 heavy (non-hydrogen) atoms. The molecule has 1 aliphatic carbocycles. The van der Waals surface area contributed by atoms with Gasteiger partial charge in [-0.2, -0.15) is 13.2 Å². The molecule has 1 fully saturated rings. The summed E-state index contributed by atoms with van der Waals surface area (Å²) in [6, 6.07) is 1.56. The largest absolute Gasteiger partial charge is 0.416 e. The van der Waals surface area contributed by atoms with Crippen molar-refractivity contribution < 1.29 is 22.4 Å². The van der Waals surface area contributed by atoms with Crippen molar-refractivity contribution in [2.75, 3.05) is 5.32 Å². The summed E-state index contributed by atoms with van der Waals surface area (Å²) in [5, 5.41) is 2.14. The van der Waals surface area contributed by atoms with Gasteiger partial charge in [0.2, 0.25) is 5.91 Å². The Labute approximate surface area is 113 Å². The van der Waals surface area contributed by atoms with Gasteiger partial charge in [-0.1, -0.05) is 0 Å². The lowest BCUT2D eigenvalue weighted by atomic mass is 10.1. The highest BCUT2D eigenvalue weighted by Crippen LogP contribution is 2.34. The number of alkyl halides is 3. The van der Waals surface area contributed by atoms with Crippen LogP contribution in [0.2, 0.25) is 0 Å². The Kier molecular flexibility index (Phi) is 3.99. The van der Waals surface area contributed by atoms with Crippen LogP contribution in [0.1, 0.15) is 24.8 Å². The number of anilines is 1. The second kappa shape index (κ2) is 5.40. The molecule has 0 saturated heterocycles. The predicted octanol–water partition coefficient (Wildman–Crippen LogP) is 2.91. The fourth-order valence-electron chi connectivity index (χ4n) is 1.90. The third kappa shape index (κ3) is 3.69. The number of nitrogens with two attached hydrogens (primary N) is 1. The van der Waals surface area contributed by atoms with Gasteiger partial charge in [0, 0.05) is 12.5 Å². The molecule has 0 radical (unpaired) electrons. The maximum atomic E-state index is 13.4. The smallest absolute Gasteiger partial charge is 0.327 e. The number of carbonyl (C=O) groups excluding carboxylic acids is 1. The first-order valence-corrected chi connectivity index (χ1v) is 6.19. The van der Waals surface area contributed by atoms with E-state index >= 15 is 0 Å². The topological polar surface area (TPSA) is 55.1 Å². The monoisotopic (exact) mass is 290 g/mol. The summed E-state index contributed by atoms with van der Waals surface area (Å²) in [6.07, 6.45) is -2.71. The van der Waals surface area contributed by atoms with Gasteiger partial charge in [-0.05, 0) is 37.0 Å². The third-order valence-corrected chi connectivity index (χ3v) is 3.22. The predicted molar refractivity (Wildman–Crippen MR) is 65.3 cm³/mol. The number of rotatable bonds is 4. The zero-order chi connectivity index (χ0) is 14.9. The van der Waals surface area contributed by atoms with Crippen molar-refractivity contribution in [1.82, 2.24) is 0 Å². The standard InChI is InChI=1S/C13H14F4N2O/c14-9-4-3-8(13(15,16)17)5-11(9)19-12(20)6-10(18)7-1-2-7/h3-5,7,10H,1-2,6,18H2,(H,19,20). The SMILES string of the molecule is NC(CC(=O)Nc1cc(C(F)(F)F)ccc1F)C1CC1. The van der Waals surface area contributed by atoms with Crippen LogP contribution in [-0.4, -0.2) is 11.9 Å². The number of amides is 1. The lowest BCUT2D eigenvalue weighted by Gasteiger charge is -2.13. The van der Waals surface area contributed by atoms with Crippen LogP contribution in [0, 0.1) is 11.7 Å². The van der Waals surface area contributed by atoms with E-state index in [-0.39, 0.29) is 18.4 Å². The summed E-state index contributed by atoms with van der Waals surface area (Å²) in [7, 11) is 0. The Hall–Kier alpha value is -1.63. The molecule has 0 bridgehead atoms. The second-order valence-electron chi connectivity index (χ2n) is 4.95. The quantitative estimate of drug-likeness (QED) is 0.838. The normalized spacial score (nSPS) is 16.9.